The zero-order chi connectivity index (χ0) is 12.3. The molecular formula is C16H15ClO. The molecule has 0 aliphatic heterocycles. The summed E-state index contributed by atoms with van der Waals surface area (Å²) in [5, 5.41) is 0.747. The fraction of sp³-hybridized carbons (Fsp3) is 0.438. The lowest BCUT2D eigenvalue weighted by atomic mass is 9.63. The maximum atomic E-state index is 12.1. The van der Waals surface area contributed by atoms with Crippen molar-refractivity contribution in [3.05, 3.63) is 46.5 Å². The average molecular weight is 259 g/mol. The summed E-state index contributed by atoms with van der Waals surface area (Å²) in [4.78, 5) is 12.1. The maximum absolute atomic E-state index is 12.1. The molecule has 92 valence electrons. The van der Waals surface area contributed by atoms with Gasteiger partial charge in [-0.15, -0.1) is 0 Å². The summed E-state index contributed by atoms with van der Waals surface area (Å²) in [6.45, 7) is 0. The van der Waals surface area contributed by atoms with Crippen molar-refractivity contribution in [1.29, 1.82) is 0 Å². The number of carbonyl (C=O) groups excluding carboxylic acids is 1. The summed E-state index contributed by atoms with van der Waals surface area (Å²) in [5.74, 6) is 1.63. The van der Waals surface area contributed by atoms with Crippen LogP contribution in [-0.2, 0) is 16.6 Å². The van der Waals surface area contributed by atoms with E-state index >= 15 is 0 Å². The molecule has 0 amide bonds. The molecule has 0 aromatic heterocycles. The Morgan fingerprint density at radius 3 is 2.89 bits per heavy atom. The second kappa shape index (κ2) is 3.48. The normalized spacial score (nSPS) is 36.4. The Morgan fingerprint density at radius 1 is 1.28 bits per heavy atom. The number of ketones is 1. The van der Waals surface area contributed by atoms with Crippen LogP contribution < -0.4 is 0 Å². The van der Waals surface area contributed by atoms with Crippen molar-refractivity contribution >= 4 is 17.4 Å². The van der Waals surface area contributed by atoms with Crippen LogP contribution in [0.15, 0.2) is 30.4 Å². The summed E-state index contributed by atoms with van der Waals surface area (Å²) in [5.41, 5.74) is 2.65. The van der Waals surface area contributed by atoms with Gasteiger partial charge in [0.15, 0.2) is 0 Å². The van der Waals surface area contributed by atoms with Gasteiger partial charge in [-0.2, -0.15) is 0 Å². The first-order valence-corrected chi connectivity index (χ1v) is 7.04. The Labute approximate surface area is 112 Å². The standard InChI is InChI=1S/C16H15ClO/c17-13-3-4-15-11(6-13)7-14(18)9-16(15)8-10-1-2-12(16)5-10/h1-4,6,10,12H,5,7-9H2. The van der Waals surface area contributed by atoms with Crippen LogP contribution in [0.4, 0.5) is 0 Å². The zero-order valence-electron chi connectivity index (χ0n) is 10.2. The first-order valence-electron chi connectivity index (χ1n) is 6.66. The number of halogens is 1. The SMILES string of the molecule is O=C1Cc2cc(Cl)ccc2C2(C1)CC1C=CC2C1. The molecule has 18 heavy (non-hydrogen) atoms. The van der Waals surface area contributed by atoms with E-state index in [1.54, 1.807) is 0 Å². The van der Waals surface area contributed by atoms with E-state index in [0.29, 0.717) is 24.0 Å². The Morgan fingerprint density at radius 2 is 2.17 bits per heavy atom. The molecule has 0 heterocycles. The van der Waals surface area contributed by atoms with Crippen LogP contribution in [0.3, 0.4) is 0 Å². The van der Waals surface area contributed by atoms with Gasteiger partial charge in [0.1, 0.15) is 5.78 Å². The lowest BCUT2D eigenvalue weighted by Gasteiger charge is -2.40. The molecule has 0 radical (unpaired) electrons. The van der Waals surface area contributed by atoms with Crippen molar-refractivity contribution in [3.8, 4) is 0 Å². The highest BCUT2D eigenvalue weighted by molar-refractivity contribution is 6.30. The molecule has 2 bridgehead atoms. The fourth-order valence-electron chi connectivity index (χ4n) is 4.38. The van der Waals surface area contributed by atoms with Gasteiger partial charge >= 0.3 is 0 Å². The molecule has 2 heteroatoms. The van der Waals surface area contributed by atoms with Crippen LogP contribution in [0.5, 0.6) is 0 Å². The Kier molecular flexibility index (Phi) is 2.09. The average Bonchev–Trinajstić information content (AvgIpc) is 2.88. The van der Waals surface area contributed by atoms with Crippen LogP contribution in [0.25, 0.3) is 0 Å². The predicted octanol–water partition coefficient (Wildman–Crippen LogP) is 3.69. The Hall–Kier alpha value is -1.08. The second-order valence-corrected chi connectivity index (χ2v) is 6.48. The number of rotatable bonds is 0. The van der Waals surface area contributed by atoms with E-state index in [4.69, 9.17) is 11.6 Å². The van der Waals surface area contributed by atoms with Crippen LogP contribution in [0, 0.1) is 11.8 Å². The molecule has 1 saturated carbocycles. The van der Waals surface area contributed by atoms with E-state index in [9.17, 15) is 4.79 Å². The molecule has 3 aliphatic carbocycles. The highest BCUT2D eigenvalue weighted by atomic mass is 35.5. The molecule has 3 aliphatic rings. The topological polar surface area (TPSA) is 17.1 Å². The number of fused-ring (bicyclic) bond motifs is 5. The van der Waals surface area contributed by atoms with Crippen LogP contribution in [0.2, 0.25) is 5.02 Å². The summed E-state index contributed by atoms with van der Waals surface area (Å²) >= 11 is 6.07. The highest BCUT2D eigenvalue weighted by Gasteiger charge is 2.52. The molecule has 3 atom stereocenters. The van der Waals surface area contributed by atoms with Crippen molar-refractivity contribution in [3.63, 3.8) is 0 Å². The first kappa shape index (κ1) is 10.8. The number of hydrogen-bond donors (Lipinski definition) is 0. The van der Waals surface area contributed by atoms with E-state index < -0.39 is 0 Å². The van der Waals surface area contributed by atoms with Crippen molar-refractivity contribution in [1.82, 2.24) is 0 Å². The van der Waals surface area contributed by atoms with Crippen molar-refractivity contribution in [2.24, 2.45) is 11.8 Å². The minimum Gasteiger partial charge on any atom is -0.299 e. The molecule has 3 unspecified atom stereocenters. The van der Waals surface area contributed by atoms with Gasteiger partial charge in [-0.1, -0.05) is 29.8 Å². The van der Waals surface area contributed by atoms with Gasteiger partial charge in [0.2, 0.25) is 0 Å². The van der Waals surface area contributed by atoms with Gasteiger partial charge in [0.25, 0.3) is 0 Å². The summed E-state index contributed by atoms with van der Waals surface area (Å²) in [6.07, 6.45) is 8.35. The number of carbonyl (C=O) groups is 1. The third kappa shape index (κ3) is 1.31. The van der Waals surface area contributed by atoms with E-state index in [0.717, 1.165) is 17.9 Å². The van der Waals surface area contributed by atoms with E-state index in [2.05, 4.69) is 18.2 Å². The van der Waals surface area contributed by atoms with Gasteiger partial charge in [-0.3, -0.25) is 4.79 Å². The molecule has 1 fully saturated rings. The molecule has 1 aromatic carbocycles. The smallest absolute Gasteiger partial charge is 0.138 e. The Balaban J connectivity index is 1.91. The van der Waals surface area contributed by atoms with Crippen molar-refractivity contribution in [2.45, 2.75) is 31.1 Å². The molecule has 0 saturated heterocycles. The lowest BCUT2D eigenvalue weighted by Crippen LogP contribution is -2.38. The van der Waals surface area contributed by atoms with Gasteiger partial charge < -0.3 is 0 Å². The van der Waals surface area contributed by atoms with Gasteiger partial charge in [0.05, 0.1) is 0 Å². The number of benzene rings is 1. The molecule has 1 aromatic rings. The highest BCUT2D eigenvalue weighted by Crippen LogP contribution is 2.57. The van der Waals surface area contributed by atoms with Gasteiger partial charge in [-0.25, -0.2) is 0 Å². The lowest BCUT2D eigenvalue weighted by molar-refractivity contribution is -0.120. The summed E-state index contributed by atoms with van der Waals surface area (Å²) in [6, 6.07) is 6.14. The van der Waals surface area contributed by atoms with Crippen molar-refractivity contribution in [2.75, 3.05) is 0 Å². The largest absolute Gasteiger partial charge is 0.299 e. The van der Waals surface area contributed by atoms with Gasteiger partial charge in [-0.05, 0) is 47.9 Å². The molecule has 1 spiro atoms. The number of hydrogen-bond acceptors (Lipinski definition) is 1. The Bertz CT molecular complexity index is 574. The predicted molar refractivity (Wildman–Crippen MR) is 71.8 cm³/mol. The van der Waals surface area contributed by atoms with Crippen LogP contribution in [-0.4, -0.2) is 5.78 Å². The second-order valence-electron chi connectivity index (χ2n) is 6.04. The fourth-order valence-corrected chi connectivity index (χ4v) is 4.58. The molecule has 1 nitrogen and oxygen atoms in total. The van der Waals surface area contributed by atoms with Crippen molar-refractivity contribution < 1.29 is 4.79 Å². The minimum absolute atomic E-state index is 0.0919. The zero-order valence-corrected chi connectivity index (χ0v) is 10.9. The number of allylic oxidation sites excluding steroid dienone is 2. The quantitative estimate of drug-likeness (QED) is 0.649. The third-order valence-corrected chi connectivity index (χ3v) is 5.25. The minimum atomic E-state index is 0.0919. The summed E-state index contributed by atoms with van der Waals surface area (Å²) in [7, 11) is 0. The monoisotopic (exact) mass is 258 g/mol. The summed E-state index contributed by atoms with van der Waals surface area (Å²) < 4.78 is 0. The molecular weight excluding hydrogens is 244 g/mol. The molecule has 0 N–H and O–H groups in total. The third-order valence-electron chi connectivity index (χ3n) is 5.01. The van der Waals surface area contributed by atoms with Gasteiger partial charge in [0, 0.05) is 23.3 Å². The van der Waals surface area contributed by atoms with Crippen LogP contribution >= 0.6 is 11.6 Å². The molecule has 4 rings (SSSR count). The van der Waals surface area contributed by atoms with E-state index in [1.807, 2.05) is 12.1 Å². The van der Waals surface area contributed by atoms with E-state index in [1.165, 1.54) is 17.5 Å². The maximum Gasteiger partial charge on any atom is 0.138 e. The number of Topliss-reactive ketones (excluding diaryl/α,β-unsaturated/α-hetero) is 1. The van der Waals surface area contributed by atoms with Crippen LogP contribution in [0.1, 0.15) is 30.4 Å². The van der Waals surface area contributed by atoms with E-state index in [-0.39, 0.29) is 5.41 Å². The first-order chi connectivity index (χ1) is 8.67.